The molecule has 0 spiro atoms. The number of furan rings is 1. The van der Waals surface area contributed by atoms with Crippen LogP contribution in [-0.2, 0) is 16.1 Å². The van der Waals surface area contributed by atoms with Crippen LogP contribution in [0.3, 0.4) is 0 Å². The largest absolute Gasteiger partial charge is 0.468 e. The summed E-state index contributed by atoms with van der Waals surface area (Å²) in [5.74, 6) is 0.255. The van der Waals surface area contributed by atoms with Gasteiger partial charge < -0.3 is 9.15 Å². The highest BCUT2D eigenvalue weighted by Gasteiger charge is 2.20. The van der Waals surface area contributed by atoms with Gasteiger partial charge in [-0.1, -0.05) is 27.7 Å². The van der Waals surface area contributed by atoms with Gasteiger partial charge >= 0.3 is 5.97 Å². The Bertz CT molecular complexity index is 969. The minimum Gasteiger partial charge on any atom is -0.468 e. The highest BCUT2D eigenvalue weighted by atomic mass is 79.9. The van der Waals surface area contributed by atoms with Crippen LogP contribution in [0.4, 0.5) is 0 Å². The second kappa shape index (κ2) is 7.45. The second-order valence-corrected chi connectivity index (χ2v) is 7.53. The molecule has 130 valence electrons. The summed E-state index contributed by atoms with van der Waals surface area (Å²) in [7, 11) is 1.33. The molecular weight excluding hydrogens is 408 g/mol. The molecule has 0 radical (unpaired) electrons. The minimum absolute atomic E-state index is 0.192. The van der Waals surface area contributed by atoms with Crippen molar-refractivity contribution in [2.45, 2.75) is 23.9 Å². The van der Waals surface area contributed by atoms with Crippen molar-refractivity contribution in [3.05, 3.63) is 57.2 Å². The number of fused-ring (bicyclic) bond motifs is 1. The van der Waals surface area contributed by atoms with Crippen molar-refractivity contribution in [1.29, 1.82) is 0 Å². The van der Waals surface area contributed by atoms with Crippen LogP contribution < -0.4 is 5.56 Å². The van der Waals surface area contributed by atoms with Crippen molar-refractivity contribution in [1.82, 2.24) is 9.55 Å². The van der Waals surface area contributed by atoms with E-state index < -0.39 is 5.25 Å². The smallest absolute Gasteiger partial charge is 0.318 e. The zero-order chi connectivity index (χ0) is 18.0. The van der Waals surface area contributed by atoms with Gasteiger partial charge in [-0.3, -0.25) is 14.2 Å². The first kappa shape index (κ1) is 17.8. The van der Waals surface area contributed by atoms with Crippen LogP contribution in [0.25, 0.3) is 10.9 Å². The first-order valence-electron chi connectivity index (χ1n) is 7.46. The highest BCUT2D eigenvalue weighted by molar-refractivity contribution is 9.10. The Morgan fingerprint density at radius 2 is 2.24 bits per heavy atom. The topological polar surface area (TPSA) is 74.3 Å². The van der Waals surface area contributed by atoms with Crippen LogP contribution in [0.1, 0.15) is 12.7 Å². The van der Waals surface area contributed by atoms with Gasteiger partial charge in [0.25, 0.3) is 5.56 Å². The molecule has 0 saturated carbocycles. The number of hydrogen-bond acceptors (Lipinski definition) is 6. The van der Waals surface area contributed by atoms with Gasteiger partial charge in [-0.25, -0.2) is 4.98 Å². The molecule has 0 aliphatic carbocycles. The Labute approximate surface area is 156 Å². The fourth-order valence-corrected chi connectivity index (χ4v) is 3.63. The Hall–Kier alpha value is -2.06. The van der Waals surface area contributed by atoms with E-state index >= 15 is 0 Å². The third-order valence-electron chi connectivity index (χ3n) is 3.59. The molecule has 3 aromatic rings. The number of carbonyl (C=O) groups is 1. The highest BCUT2D eigenvalue weighted by Crippen LogP contribution is 2.25. The summed E-state index contributed by atoms with van der Waals surface area (Å²) in [4.78, 5) is 29.3. The first-order valence-corrected chi connectivity index (χ1v) is 9.14. The standard InChI is InChI=1S/C17H15BrN2O4S/c1-10(16(22)23-2)25-17-19-14-6-5-11(18)8-13(14)15(21)20(17)9-12-4-3-7-24-12/h3-8,10H,9H2,1-2H3. The fourth-order valence-electron chi connectivity index (χ4n) is 2.33. The Morgan fingerprint density at radius 1 is 1.44 bits per heavy atom. The summed E-state index contributed by atoms with van der Waals surface area (Å²) >= 11 is 4.56. The van der Waals surface area contributed by atoms with E-state index in [1.165, 1.54) is 23.4 Å². The van der Waals surface area contributed by atoms with Crippen molar-refractivity contribution in [2.75, 3.05) is 7.11 Å². The Balaban J connectivity index is 2.13. The Kier molecular flexibility index (Phi) is 5.29. The monoisotopic (exact) mass is 422 g/mol. The van der Waals surface area contributed by atoms with Crippen molar-refractivity contribution in [2.24, 2.45) is 0 Å². The zero-order valence-electron chi connectivity index (χ0n) is 13.6. The van der Waals surface area contributed by atoms with Gasteiger partial charge in [0.15, 0.2) is 5.16 Å². The average molecular weight is 423 g/mol. The lowest BCUT2D eigenvalue weighted by atomic mass is 10.2. The number of ether oxygens (including phenoxy) is 1. The molecular formula is C17H15BrN2O4S. The predicted molar refractivity (Wildman–Crippen MR) is 98.8 cm³/mol. The quantitative estimate of drug-likeness (QED) is 0.356. The Morgan fingerprint density at radius 3 is 2.92 bits per heavy atom. The number of benzene rings is 1. The normalized spacial score (nSPS) is 12.3. The van der Waals surface area contributed by atoms with Crippen LogP contribution in [0.5, 0.6) is 0 Å². The maximum Gasteiger partial charge on any atom is 0.318 e. The summed E-state index contributed by atoms with van der Waals surface area (Å²) < 4.78 is 12.4. The molecule has 6 nitrogen and oxygen atoms in total. The number of methoxy groups -OCH3 is 1. The summed E-state index contributed by atoms with van der Waals surface area (Å²) in [6.07, 6.45) is 1.55. The van der Waals surface area contributed by atoms with E-state index in [9.17, 15) is 9.59 Å². The van der Waals surface area contributed by atoms with Gasteiger partial charge in [-0.15, -0.1) is 0 Å². The van der Waals surface area contributed by atoms with Crippen LogP contribution in [0, 0.1) is 0 Å². The van der Waals surface area contributed by atoms with E-state index in [1.54, 1.807) is 37.5 Å². The maximum absolute atomic E-state index is 13.0. The van der Waals surface area contributed by atoms with Gasteiger partial charge in [0.05, 0.1) is 30.8 Å². The molecule has 1 aromatic carbocycles. The summed E-state index contributed by atoms with van der Waals surface area (Å²) in [6, 6.07) is 8.88. The van der Waals surface area contributed by atoms with Gasteiger partial charge in [0, 0.05) is 4.47 Å². The van der Waals surface area contributed by atoms with E-state index in [0.29, 0.717) is 21.8 Å². The van der Waals surface area contributed by atoms with Gasteiger partial charge in [0.2, 0.25) is 0 Å². The molecule has 0 amide bonds. The summed E-state index contributed by atoms with van der Waals surface area (Å²) in [5, 5.41) is 0.442. The second-order valence-electron chi connectivity index (χ2n) is 5.31. The van der Waals surface area contributed by atoms with E-state index in [1.807, 2.05) is 6.07 Å². The number of aromatic nitrogens is 2. The summed E-state index contributed by atoms with van der Waals surface area (Å²) in [6.45, 7) is 1.95. The molecule has 8 heteroatoms. The SMILES string of the molecule is COC(=O)C(C)Sc1nc2ccc(Br)cc2c(=O)n1Cc1ccco1. The molecule has 3 rings (SSSR count). The number of rotatable bonds is 5. The van der Waals surface area contributed by atoms with Crippen LogP contribution in [-0.4, -0.2) is 27.9 Å². The average Bonchev–Trinajstić information content (AvgIpc) is 3.11. The van der Waals surface area contributed by atoms with Gasteiger partial charge in [-0.05, 0) is 37.3 Å². The number of halogens is 1. The number of hydrogen-bond donors (Lipinski definition) is 0. The molecule has 0 saturated heterocycles. The third kappa shape index (κ3) is 3.80. The van der Waals surface area contributed by atoms with E-state index in [0.717, 1.165) is 4.47 Å². The molecule has 0 fully saturated rings. The predicted octanol–water partition coefficient (Wildman–Crippen LogP) is 3.45. The summed E-state index contributed by atoms with van der Waals surface area (Å²) in [5.41, 5.74) is 0.380. The fraction of sp³-hybridized carbons (Fsp3) is 0.235. The molecule has 1 unspecified atom stereocenters. The van der Waals surface area contributed by atoms with E-state index in [-0.39, 0.29) is 18.1 Å². The molecule has 2 heterocycles. The lowest BCUT2D eigenvalue weighted by molar-refractivity contribution is -0.139. The lowest BCUT2D eigenvalue weighted by Crippen LogP contribution is -2.25. The molecule has 0 aliphatic rings. The molecule has 0 aliphatic heterocycles. The van der Waals surface area contributed by atoms with Crippen molar-refractivity contribution >= 4 is 44.6 Å². The van der Waals surface area contributed by atoms with E-state index in [4.69, 9.17) is 9.15 Å². The molecule has 2 aromatic heterocycles. The number of carbonyl (C=O) groups excluding carboxylic acids is 1. The molecule has 1 atom stereocenters. The minimum atomic E-state index is -0.493. The third-order valence-corrected chi connectivity index (χ3v) is 5.15. The molecule has 25 heavy (non-hydrogen) atoms. The van der Waals surface area contributed by atoms with Crippen molar-refractivity contribution in [3.63, 3.8) is 0 Å². The maximum atomic E-state index is 13.0. The zero-order valence-corrected chi connectivity index (χ0v) is 16.0. The van der Waals surface area contributed by atoms with Crippen molar-refractivity contribution in [3.8, 4) is 0 Å². The van der Waals surface area contributed by atoms with Crippen LogP contribution >= 0.6 is 27.7 Å². The molecule has 0 N–H and O–H groups in total. The number of thioether (sulfide) groups is 1. The van der Waals surface area contributed by atoms with Gasteiger partial charge in [-0.2, -0.15) is 0 Å². The number of nitrogens with zero attached hydrogens (tertiary/aromatic N) is 2. The first-order chi connectivity index (χ1) is 12.0. The molecule has 0 bridgehead atoms. The van der Waals surface area contributed by atoms with Crippen molar-refractivity contribution < 1.29 is 13.9 Å². The lowest BCUT2D eigenvalue weighted by Gasteiger charge is -2.14. The van der Waals surface area contributed by atoms with Crippen LogP contribution in [0.2, 0.25) is 0 Å². The van der Waals surface area contributed by atoms with Crippen LogP contribution in [0.15, 0.2) is 55.4 Å². The van der Waals surface area contributed by atoms with E-state index in [2.05, 4.69) is 20.9 Å². The number of esters is 1. The van der Waals surface area contributed by atoms with Gasteiger partial charge in [0.1, 0.15) is 11.0 Å².